The molecule has 1 fully saturated rings. The molecule has 1 aliphatic heterocycles. The Morgan fingerprint density at radius 1 is 1.08 bits per heavy atom. The lowest BCUT2D eigenvalue weighted by Crippen LogP contribution is -2.53. The maximum atomic E-state index is 13.0. The Bertz CT molecular complexity index is 973. The third-order valence-corrected chi connectivity index (χ3v) is 5.80. The summed E-state index contributed by atoms with van der Waals surface area (Å²) in [6.45, 7) is 3.57. The molecule has 0 spiro atoms. The van der Waals surface area contributed by atoms with Crippen molar-refractivity contribution < 1.29 is 42.9 Å². The number of carbonyl (C=O) groups is 5. The largest absolute Gasteiger partial charge is 0.483 e. The zero-order valence-electron chi connectivity index (χ0n) is 22.3. The van der Waals surface area contributed by atoms with Gasteiger partial charge in [0.15, 0.2) is 12.9 Å². The van der Waals surface area contributed by atoms with Gasteiger partial charge in [0.2, 0.25) is 11.8 Å². The first-order chi connectivity index (χ1) is 18.9. The van der Waals surface area contributed by atoms with Crippen LogP contribution in [-0.4, -0.2) is 107 Å². The van der Waals surface area contributed by atoms with Crippen molar-refractivity contribution >= 4 is 29.9 Å². The van der Waals surface area contributed by atoms with Gasteiger partial charge in [-0.05, 0) is 37.9 Å². The Labute approximate surface area is 227 Å². The van der Waals surface area contributed by atoms with E-state index >= 15 is 0 Å². The van der Waals surface area contributed by atoms with Crippen LogP contribution in [0.5, 0.6) is 5.75 Å². The van der Waals surface area contributed by atoms with Crippen molar-refractivity contribution in [2.75, 3.05) is 66.4 Å². The van der Waals surface area contributed by atoms with E-state index in [-0.39, 0.29) is 36.3 Å². The second-order valence-corrected chi connectivity index (χ2v) is 8.69. The lowest BCUT2D eigenvalue weighted by molar-refractivity contribution is -0.136. The van der Waals surface area contributed by atoms with Gasteiger partial charge in [0, 0.05) is 33.2 Å². The van der Waals surface area contributed by atoms with Crippen LogP contribution in [0.4, 0.5) is 0 Å². The smallest absolute Gasteiger partial charge is 0.257 e. The summed E-state index contributed by atoms with van der Waals surface area (Å²) in [6.07, 6.45) is 2.17. The van der Waals surface area contributed by atoms with Crippen LogP contribution in [-0.2, 0) is 28.6 Å². The Morgan fingerprint density at radius 2 is 1.74 bits per heavy atom. The van der Waals surface area contributed by atoms with Crippen molar-refractivity contribution in [2.45, 2.75) is 31.7 Å². The summed E-state index contributed by atoms with van der Waals surface area (Å²) in [5.41, 5.74) is 5.37. The van der Waals surface area contributed by atoms with Crippen LogP contribution in [0.25, 0.3) is 0 Å². The number of aldehydes is 1. The third-order valence-electron chi connectivity index (χ3n) is 5.80. The number of imide groups is 1. The summed E-state index contributed by atoms with van der Waals surface area (Å²) in [6, 6.07) is 3.58. The number of hydrogen-bond donors (Lipinski definition) is 3. The Morgan fingerprint density at radius 3 is 2.38 bits per heavy atom. The normalized spacial score (nSPS) is 15.0. The molecule has 1 aromatic carbocycles. The molecule has 1 heterocycles. The van der Waals surface area contributed by atoms with E-state index in [0.717, 1.165) is 6.42 Å². The van der Waals surface area contributed by atoms with Crippen LogP contribution in [0.15, 0.2) is 18.2 Å². The summed E-state index contributed by atoms with van der Waals surface area (Å²) >= 11 is 0. The van der Waals surface area contributed by atoms with Gasteiger partial charge in [0.1, 0.15) is 11.8 Å². The Kier molecular flexibility index (Phi) is 14.7. The fraction of sp³-hybridized carbons (Fsp3) is 0.577. The second kappa shape index (κ2) is 18.0. The number of amides is 4. The molecule has 13 nitrogen and oxygen atoms in total. The molecule has 0 bridgehead atoms. The maximum absolute atomic E-state index is 13.0. The molecule has 4 amide bonds. The van der Waals surface area contributed by atoms with E-state index in [1.165, 1.54) is 30.1 Å². The number of benzene rings is 1. The molecule has 1 aliphatic rings. The van der Waals surface area contributed by atoms with Crippen molar-refractivity contribution in [1.29, 1.82) is 0 Å². The first-order valence-electron chi connectivity index (χ1n) is 12.9. The fourth-order valence-electron chi connectivity index (χ4n) is 3.68. The van der Waals surface area contributed by atoms with Gasteiger partial charge in [-0.2, -0.15) is 0 Å². The molecule has 1 aromatic rings. The van der Waals surface area contributed by atoms with Crippen molar-refractivity contribution in [3.63, 3.8) is 0 Å². The van der Waals surface area contributed by atoms with Crippen molar-refractivity contribution in [3.8, 4) is 5.75 Å². The van der Waals surface area contributed by atoms with E-state index in [0.29, 0.717) is 65.4 Å². The third kappa shape index (κ3) is 11.1. The number of nitrogens with zero attached hydrogens (tertiary/aromatic N) is 1. The molecule has 216 valence electrons. The van der Waals surface area contributed by atoms with E-state index in [9.17, 15) is 24.0 Å². The van der Waals surface area contributed by atoms with Gasteiger partial charge < -0.3 is 34.9 Å². The highest BCUT2D eigenvalue weighted by molar-refractivity contribution is 6.06. The van der Waals surface area contributed by atoms with E-state index in [1.54, 1.807) is 0 Å². The molecular weight excluding hydrogens is 512 g/mol. The summed E-state index contributed by atoms with van der Waals surface area (Å²) in [5.74, 6) is -1.88. The molecule has 0 aliphatic carbocycles. The van der Waals surface area contributed by atoms with Gasteiger partial charge in [-0.1, -0.05) is 6.07 Å². The van der Waals surface area contributed by atoms with Crippen LogP contribution >= 0.6 is 0 Å². The molecule has 4 N–H and O–H groups in total. The van der Waals surface area contributed by atoms with Gasteiger partial charge >= 0.3 is 0 Å². The minimum atomic E-state index is -0.840. The molecule has 2 rings (SSSR count). The summed E-state index contributed by atoms with van der Waals surface area (Å²) in [7, 11) is 1.43. The average Bonchev–Trinajstić information content (AvgIpc) is 2.93. The molecule has 13 heteroatoms. The number of rotatable bonds is 19. The number of piperidine rings is 1. The predicted octanol–water partition coefficient (Wildman–Crippen LogP) is -0.340. The first-order valence-corrected chi connectivity index (χ1v) is 12.9. The average molecular weight is 551 g/mol. The number of hydrogen-bond acceptors (Lipinski definition) is 10. The molecule has 1 saturated heterocycles. The molecule has 39 heavy (non-hydrogen) atoms. The maximum Gasteiger partial charge on any atom is 0.257 e. The summed E-state index contributed by atoms with van der Waals surface area (Å²) in [5, 5.41) is 4.90. The SMILES string of the molecule is CN(C(=O)c1cccc(OCC(=O)NCCCOCCOCCOCCCN)c1C=O)C1CCC(=O)NC1=O. The number of ether oxygens (including phenoxy) is 4. The van der Waals surface area contributed by atoms with Crippen LogP contribution in [0.3, 0.4) is 0 Å². The summed E-state index contributed by atoms with van der Waals surface area (Å²) in [4.78, 5) is 61.7. The van der Waals surface area contributed by atoms with Crippen LogP contribution in [0, 0.1) is 0 Å². The first kappa shape index (κ1) is 31.8. The van der Waals surface area contributed by atoms with Gasteiger partial charge in [-0.15, -0.1) is 0 Å². The van der Waals surface area contributed by atoms with Gasteiger partial charge in [0.25, 0.3) is 11.8 Å². The van der Waals surface area contributed by atoms with Gasteiger partial charge in [0.05, 0.1) is 37.6 Å². The molecule has 1 atom stereocenters. The van der Waals surface area contributed by atoms with Gasteiger partial charge in [-0.3, -0.25) is 29.3 Å². The molecule has 0 saturated carbocycles. The van der Waals surface area contributed by atoms with E-state index < -0.39 is 29.7 Å². The minimum absolute atomic E-state index is 0.0235. The Balaban J connectivity index is 1.69. The van der Waals surface area contributed by atoms with Crippen LogP contribution in [0.1, 0.15) is 46.4 Å². The molecular formula is C26H38N4O9. The highest BCUT2D eigenvalue weighted by Gasteiger charge is 2.33. The minimum Gasteiger partial charge on any atom is -0.483 e. The zero-order valence-corrected chi connectivity index (χ0v) is 22.3. The Hall–Kier alpha value is -3.39. The topological polar surface area (TPSA) is 176 Å². The van der Waals surface area contributed by atoms with Gasteiger partial charge in [-0.25, -0.2) is 0 Å². The lowest BCUT2D eigenvalue weighted by Gasteiger charge is -2.30. The van der Waals surface area contributed by atoms with Crippen molar-refractivity contribution in [2.24, 2.45) is 5.73 Å². The summed E-state index contributed by atoms with van der Waals surface area (Å²) < 4.78 is 21.7. The van der Waals surface area contributed by atoms with Crippen molar-refractivity contribution in [1.82, 2.24) is 15.5 Å². The molecule has 0 aromatic heterocycles. The molecule has 0 radical (unpaired) electrons. The number of nitrogens with one attached hydrogen (secondary N) is 2. The second-order valence-electron chi connectivity index (χ2n) is 8.69. The van der Waals surface area contributed by atoms with E-state index in [4.69, 9.17) is 24.7 Å². The standard InChI is InChI=1S/C26H38N4O9/c1-30(21-7-8-23(32)29-25(21)34)26(35)19-5-2-6-22(20(19)17-31)39-18-24(33)28-10-4-12-37-14-16-38-15-13-36-11-3-9-27/h2,5-6,17,21H,3-4,7-16,18,27H2,1H3,(H,28,33)(H,29,32,34). The number of carbonyl (C=O) groups excluding carboxylic acids is 5. The van der Waals surface area contributed by atoms with E-state index in [1.807, 2.05) is 0 Å². The highest BCUT2D eigenvalue weighted by Crippen LogP contribution is 2.23. The van der Waals surface area contributed by atoms with Crippen LogP contribution in [0.2, 0.25) is 0 Å². The monoisotopic (exact) mass is 550 g/mol. The zero-order chi connectivity index (χ0) is 28.5. The lowest BCUT2D eigenvalue weighted by atomic mass is 10.0. The van der Waals surface area contributed by atoms with E-state index in [2.05, 4.69) is 10.6 Å². The number of likely N-dealkylation sites (N-methyl/N-ethyl adjacent to an activating group) is 1. The van der Waals surface area contributed by atoms with Crippen LogP contribution < -0.4 is 21.1 Å². The predicted molar refractivity (Wildman–Crippen MR) is 139 cm³/mol. The number of nitrogens with two attached hydrogens (primary N) is 1. The quantitative estimate of drug-likeness (QED) is 0.117. The fourth-order valence-corrected chi connectivity index (χ4v) is 3.68. The highest BCUT2D eigenvalue weighted by atomic mass is 16.5. The van der Waals surface area contributed by atoms with Crippen molar-refractivity contribution in [3.05, 3.63) is 29.3 Å². The molecule has 1 unspecified atom stereocenters.